The van der Waals surface area contributed by atoms with Crippen LogP contribution in [0.3, 0.4) is 0 Å². The van der Waals surface area contributed by atoms with Crippen LogP contribution < -0.4 is 5.56 Å². The van der Waals surface area contributed by atoms with Gasteiger partial charge in [0.1, 0.15) is 11.6 Å². The van der Waals surface area contributed by atoms with E-state index in [9.17, 15) is 18.0 Å². The van der Waals surface area contributed by atoms with Crippen LogP contribution >= 0.6 is 0 Å². The Balaban J connectivity index is 2.23. The lowest BCUT2D eigenvalue weighted by atomic mass is 9.84. The zero-order valence-corrected chi connectivity index (χ0v) is 13.7. The fourth-order valence-corrected chi connectivity index (χ4v) is 2.96. The van der Waals surface area contributed by atoms with Crippen molar-refractivity contribution in [2.24, 2.45) is 10.9 Å². The van der Waals surface area contributed by atoms with E-state index in [-0.39, 0.29) is 28.7 Å². The summed E-state index contributed by atoms with van der Waals surface area (Å²) in [6.45, 7) is 1.91. The van der Waals surface area contributed by atoms with Crippen molar-refractivity contribution in [1.82, 2.24) is 4.98 Å². The van der Waals surface area contributed by atoms with Crippen LogP contribution in [-0.2, 0) is 6.18 Å². The molecule has 7 heteroatoms. The highest BCUT2D eigenvalue weighted by molar-refractivity contribution is 5.70. The minimum absolute atomic E-state index is 0.0398. The van der Waals surface area contributed by atoms with Crippen molar-refractivity contribution in [2.45, 2.75) is 19.0 Å². The highest BCUT2D eigenvalue weighted by atomic mass is 19.4. The first kappa shape index (κ1) is 17.7. The Hall–Kier alpha value is -3.14. The van der Waals surface area contributed by atoms with Crippen LogP contribution in [0.2, 0.25) is 0 Å². The lowest BCUT2D eigenvalue weighted by Crippen LogP contribution is -2.18. The molecule has 1 aromatic carbocycles. The van der Waals surface area contributed by atoms with E-state index in [2.05, 4.69) is 9.98 Å². The normalized spacial score (nSPS) is 19.3. The summed E-state index contributed by atoms with van der Waals surface area (Å²) < 4.78 is 39.2. The highest BCUT2D eigenvalue weighted by Gasteiger charge is 2.31. The summed E-state index contributed by atoms with van der Waals surface area (Å²) in [7, 11) is 0. The largest absolute Gasteiger partial charge is 0.416 e. The molecule has 132 valence electrons. The van der Waals surface area contributed by atoms with Gasteiger partial charge in [-0.1, -0.05) is 25.1 Å². The first-order chi connectivity index (χ1) is 12.3. The molecule has 0 saturated carbocycles. The van der Waals surface area contributed by atoms with Crippen LogP contribution in [0.25, 0.3) is 11.3 Å². The van der Waals surface area contributed by atoms with Gasteiger partial charge >= 0.3 is 6.18 Å². The van der Waals surface area contributed by atoms with Gasteiger partial charge < -0.3 is 4.98 Å². The van der Waals surface area contributed by atoms with Crippen molar-refractivity contribution in [2.75, 3.05) is 0 Å². The van der Waals surface area contributed by atoms with Gasteiger partial charge in [-0.15, -0.1) is 0 Å². The number of aromatic amines is 1. The fraction of sp³-hybridized carbons (Fsp3) is 0.211. The molecule has 0 amide bonds. The summed E-state index contributed by atoms with van der Waals surface area (Å²) in [4.78, 5) is 18.7. The molecule has 1 aromatic heterocycles. The zero-order valence-electron chi connectivity index (χ0n) is 13.7. The van der Waals surface area contributed by atoms with Crippen molar-refractivity contribution < 1.29 is 13.2 Å². The number of H-pyrrole nitrogens is 1. The van der Waals surface area contributed by atoms with E-state index in [1.165, 1.54) is 18.2 Å². The number of nitriles is 1. The van der Waals surface area contributed by atoms with E-state index in [0.29, 0.717) is 5.56 Å². The van der Waals surface area contributed by atoms with E-state index in [1.54, 1.807) is 18.5 Å². The van der Waals surface area contributed by atoms with Gasteiger partial charge in [-0.25, -0.2) is 0 Å². The first-order valence-corrected chi connectivity index (χ1v) is 7.86. The van der Waals surface area contributed by atoms with Crippen molar-refractivity contribution >= 4 is 6.21 Å². The third kappa shape index (κ3) is 3.31. The number of rotatable bonds is 2. The average Bonchev–Trinajstić information content (AvgIpc) is 2.61. The van der Waals surface area contributed by atoms with Crippen LogP contribution in [0.15, 0.2) is 52.4 Å². The molecule has 3 rings (SSSR count). The Morgan fingerprint density at radius 1 is 1.27 bits per heavy atom. The van der Waals surface area contributed by atoms with Crippen LogP contribution in [-0.4, -0.2) is 11.2 Å². The summed E-state index contributed by atoms with van der Waals surface area (Å²) in [6, 6.07) is 8.02. The van der Waals surface area contributed by atoms with E-state index >= 15 is 0 Å². The number of halogens is 3. The predicted octanol–water partition coefficient (Wildman–Crippen LogP) is 4.25. The molecular weight excluding hydrogens is 343 g/mol. The van der Waals surface area contributed by atoms with Crippen molar-refractivity contribution in [1.29, 1.82) is 5.26 Å². The minimum atomic E-state index is -4.49. The molecule has 0 aliphatic carbocycles. The lowest BCUT2D eigenvalue weighted by Gasteiger charge is -2.23. The van der Waals surface area contributed by atoms with Gasteiger partial charge in [0.25, 0.3) is 5.56 Å². The van der Waals surface area contributed by atoms with Gasteiger partial charge in [0.2, 0.25) is 0 Å². The number of aliphatic imine (C=N–C) groups is 1. The molecule has 0 spiro atoms. The van der Waals surface area contributed by atoms with E-state index < -0.39 is 17.3 Å². The standard InChI is InChI=1S/C19H14F3N3O/c1-11-10-24-6-5-15(11)16-8-13(9-23)18(26)25-17(16)12-3-2-4-14(7-12)19(20,21)22/h2-8,10-11,15H,1H3,(H,25,26). The SMILES string of the molecule is CC1C=NC=CC1c1cc(C#N)c(=O)[nH]c1-c1cccc(C(F)(F)F)c1. The molecule has 2 unspecified atom stereocenters. The molecule has 1 aliphatic rings. The maximum absolute atomic E-state index is 13.1. The van der Waals surface area contributed by atoms with Crippen molar-refractivity contribution in [3.8, 4) is 17.3 Å². The Labute approximate surface area is 147 Å². The summed E-state index contributed by atoms with van der Waals surface area (Å²) in [5.74, 6) is -0.261. The summed E-state index contributed by atoms with van der Waals surface area (Å²) in [5, 5.41) is 9.16. The molecule has 1 N–H and O–H groups in total. The van der Waals surface area contributed by atoms with Gasteiger partial charge in [-0.05, 0) is 29.3 Å². The molecule has 26 heavy (non-hydrogen) atoms. The second-order valence-electron chi connectivity index (χ2n) is 6.06. The van der Waals surface area contributed by atoms with Gasteiger partial charge in [0, 0.05) is 24.3 Å². The number of nitrogens with one attached hydrogen (secondary N) is 1. The molecule has 1 aliphatic heterocycles. The quantitative estimate of drug-likeness (QED) is 0.873. The molecule has 2 heterocycles. The summed E-state index contributed by atoms with van der Waals surface area (Å²) in [6.07, 6.45) is 0.625. The maximum atomic E-state index is 13.1. The van der Waals surface area contributed by atoms with Crippen molar-refractivity contribution in [3.05, 3.63) is 69.7 Å². The number of hydrogen-bond acceptors (Lipinski definition) is 3. The second-order valence-corrected chi connectivity index (χ2v) is 6.06. The van der Waals surface area contributed by atoms with Gasteiger partial charge in [-0.3, -0.25) is 9.79 Å². The second kappa shape index (κ2) is 6.64. The molecule has 0 bridgehead atoms. The summed E-state index contributed by atoms with van der Waals surface area (Å²) in [5.41, 5.74) is -0.435. The minimum Gasteiger partial charge on any atom is -0.321 e. The number of allylic oxidation sites excluding steroid dienone is 1. The molecule has 0 radical (unpaired) electrons. The Kier molecular flexibility index (Phi) is 4.51. The zero-order chi connectivity index (χ0) is 18.9. The van der Waals surface area contributed by atoms with Crippen LogP contribution in [0.5, 0.6) is 0 Å². The maximum Gasteiger partial charge on any atom is 0.416 e. The number of alkyl halides is 3. The molecule has 0 fully saturated rings. The average molecular weight is 357 g/mol. The van der Waals surface area contributed by atoms with E-state index in [1.807, 2.05) is 13.0 Å². The Morgan fingerprint density at radius 2 is 2.04 bits per heavy atom. The molecule has 2 atom stereocenters. The van der Waals surface area contributed by atoms with Crippen LogP contribution in [0.4, 0.5) is 13.2 Å². The smallest absolute Gasteiger partial charge is 0.321 e. The predicted molar refractivity (Wildman–Crippen MR) is 91.8 cm³/mol. The first-order valence-electron chi connectivity index (χ1n) is 7.86. The number of pyridine rings is 1. The topological polar surface area (TPSA) is 69.0 Å². The van der Waals surface area contributed by atoms with Crippen LogP contribution in [0.1, 0.15) is 29.5 Å². The van der Waals surface area contributed by atoms with Crippen LogP contribution in [0, 0.1) is 17.2 Å². The molecule has 2 aromatic rings. The van der Waals surface area contributed by atoms with E-state index in [4.69, 9.17) is 5.26 Å². The van der Waals surface area contributed by atoms with Gasteiger partial charge in [0.15, 0.2) is 0 Å². The number of nitrogens with zero attached hydrogens (tertiary/aromatic N) is 2. The highest BCUT2D eigenvalue weighted by Crippen LogP contribution is 2.36. The number of aromatic nitrogens is 1. The number of hydrogen-bond donors (Lipinski definition) is 1. The van der Waals surface area contributed by atoms with Gasteiger partial charge in [-0.2, -0.15) is 18.4 Å². The molecule has 0 saturated heterocycles. The van der Waals surface area contributed by atoms with E-state index in [0.717, 1.165) is 12.1 Å². The monoisotopic (exact) mass is 357 g/mol. The third-order valence-corrected chi connectivity index (χ3v) is 4.30. The Bertz CT molecular complexity index is 996. The molecular formula is C19H14F3N3O. The Morgan fingerprint density at radius 3 is 2.69 bits per heavy atom. The third-order valence-electron chi connectivity index (χ3n) is 4.30. The fourth-order valence-electron chi connectivity index (χ4n) is 2.96. The van der Waals surface area contributed by atoms with Crippen molar-refractivity contribution in [3.63, 3.8) is 0 Å². The lowest BCUT2D eigenvalue weighted by molar-refractivity contribution is -0.137. The number of benzene rings is 1. The summed E-state index contributed by atoms with van der Waals surface area (Å²) >= 11 is 0. The van der Waals surface area contributed by atoms with Gasteiger partial charge in [0.05, 0.1) is 11.3 Å². The molecule has 4 nitrogen and oxygen atoms in total.